The molecule has 2 amide bonds. The fourth-order valence-electron chi connectivity index (χ4n) is 3.88. The zero-order valence-electron chi connectivity index (χ0n) is 19.7. The molecule has 2 aromatic rings. The molecule has 0 saturated heterocycles. The number of hydrogen-bond acceptors (Lipinski definition) is 5. The molecule has 9 heteroatoms. The monoisotopic (exact) mass is 461 g/mol. The van der Waals surface area contributed by atoms with E-state index in [1.807, 2.05) is 32.6 Å². The zero-order valence-corrected chi connectivity index (χ0v) is 19.7. The Kier molecular flexibility index (Phi) is 9.28. The summed E-state index contributed by atoms with van der Waals surface area (Å²) in [5.74, 6) is -2.39. The third-order valence-corrected chi connectivity index (χ3v) is 5.39. The Labute approximate surface area is 193 Å². The Morgan fingerprint density at radius 1 is 0.970 bits per heavy atom. The van der Waals surface area contributed by atoms with Crippen molar-refractivity contribution in [3.8, 4) is 0 Å². The molecular weight excluding hydrogens is 428 g/mol. The molecule has 1 aromatic heterocycles. The highest BCUT2D eigenvalue weighted by Gasteiger charge is 2.29. The van der Waals surface area contributed by atoms with Crippen LogP contribution in [0.1, 0.15) is 45.7 Å². The molecule has 1 heterocycles. The fourth-order valence-corrected chi connectivity index (χ4v) is 3.88. The average molecular weight is 462 g/mol. The maximum atomic E-state index is 13.7. The number of amides is 2. The Balaban J connectivity index is 2.19. The highest BCUT2D eigenvalue weighted by atomic mass is 19.2. The Morgan fingerprint density at radius 3 is 2.15 bits per heavy atom. The summed E-state index contributed by atoms with van der Waals surface area (Å²) in [5.41, 5.74) is 6.70. The molecule has 0 unspecified atom stereocenters. The number of carbonyl (C=O) groups is 2. The molecule has 0 bridgehead atoms. The molecule has 4 N–H and O–H groups in total. The normalized spacial score (nSPS) is 13.3. The van der Waals surface area contributed by atoms with Crippen molar-refractivity contribution in [2.24, 2.45) is 0 Å². The number of benzene rings is 1. The van der Waals surface area contributed by atoms with Gasteiger partial charge in [0.25, 0.3) is 0 Å². The zero-order chi connectivity index (χ0) is 24.7. The van der Waals surface area contributed by atoms with Crippen LogP contribution in [-0.4, -0.2) is 45.9 Å². The molecule has 0 radical (unpaired) electrons. The summed E-state index contributed by atoms with van der Waals surface area (Å²) in [4.78, 5) is 32.0. The summed E-state index contributed by atoms with van der Waals surface area (Å²) in [6.45, 7) is 9.94. The van der Waals surface area contributed by atoms with Crippen molar-refractivity contribution >= 4 is 17.6 Å². The Morgan fingerprint density at radius 2 is 1.61 bits per heavy atom. The van der Waals surface area contributed by atoms with E-state index < -0.39 is 29.6 Å². The van der Waals surface area contributed by atoms with Gasteiger partial charge in [-0.25, -0.2) is 13.8 Å². The molecular formula is C24H33F2N5O2. The number of nitrogen functional groups attached to an aromatic ring is 1. The van der Waals surface area contributed by atoms with Crippen LogP contribution in [0, 0.1) is 11.6 Å². The topological polar surface area (TPSA) is 100 Å². The lowest BCUT2D eigenvalue weighted by Crippen LogP contribution is -2.56. The predicted octanol–water partition coefficient (Wildman–Crippen LogP) is 2.79. The van der Waals surface area contributed by atoms with E-state index in [0.717, 1.165) is 17.7 Å². The highest BCUT2D eigenvalue weighted by Crippen LogP contribution is 2.14. The molecule has 1 aromatic carbocycles. The van der Waals surface area contributed by atoms with Gasteiger partial charge in [0, 0.05) is 31.2 Å². The van der Waals surface area contributed by atoms with E-state index in [9.17, 15) is 18.4 Å². The highest BCUT2D eigenvalue weighted by molar-refractivity contribution is 5.89. The number of hydrogen-bond donors (Lipinski definition) is 3. The summed E-state index contributed by atoms with van der Waals surface area (Å²) >= 11 is 0. The number of aromatic nitrogens is 1. The van der Waals surface area contributed by atoms with Crippen LogP contribution < -0.4 is 16.4 Å². The summed E-state index contributed by atoms with van der Waals surface area (Å²) < 4.78 is 27.1. The second kappa shape index (κ2) is 11.7. The van der Waals surface area contributed by atoms with Crippen LogP contribution in [0.25, 0.3) is 0 Å². The van der Waals surface area contributed by atoms with Gasteiger partial charge in [-0.3, -0.25) is 14.5 Å². The van der Waals surface area contributed by atoms with E-state index in [2.05, 4.69) is 15.6 Å². The van der Waals surface area contributed by atoms with Gasteiger partial charge >= 0.3 is 0 Å². The average Bonchev–Trinajstić information content (AvgIpc) is 2.74. The van der Waals surface area contributed by atoms with Crippen molar-refractivity contribution in [2.45, 2.75) is 71.8 Å². The van der Waals surface area contributed by atoms with E-state index in [1.54, 1.807) is 25.3 Å². The predicted molar refractivity (Wildman–Crippen MR) is 124 cm³/mol. The lowest BCUT2D eigenvalue weighted by atomic mass is 10.0. The standard InChI is InChI=1S/C24H33F2N5O2/c1-14(2)31(15(3)4)16(5)23(32)30-21(11-17-6-8-19(25)20(26)10-17)24(33)29-13-18-7-9-22(27)28-12-18/h6-10,12,14-16,21H,11,13H2,1-5H3,(H2,27,28)(H,29,33)(H,30,32)/t16-,21-/m0/s1. The van der Waals surface area contributed by atoms with E-state index >= 15 is 0 Å². The van der Waals surface area contributed by atoms with Crippen LogP contribution in [0.3, 0.4) is 0 Å². The third kappa shape index (κ3) is 7.49. The van der Waals surface area contributed by atoms with Gasteiger partial charge in [0.1, 0.15) is 11.9 Å². The minimum absolute atomic E-state index is 0.00480. The molecule has 0 fully saturated rings. The molecule has 7 nitrogen and oxygen atoms in total. The molecule has 0 spiro atoms. The molecule has 33 heavy (non-hydrogen) atoms. The van der Waals surface area contributed by atoms with Gasteiger partial charge in [0.05, 0.1) is 6.04 Å². The fraction of sp³-hybridized carbons (Fsp3) is 0.458. The van der Waals surface area contributed by atoms with Gasteiger partial charge in [0.15, 0.2) is 11.6 Å². The largest absolute Gasteiger partial charge is 0.384 e. The quantitative estimate of drug-likeness (QED) is 0.505. The number of nitrogens with one attached hydrogen (secondary N) is 2. The van der Waals surface area contributed by atoms with Crippen molar-refractivity contribution in [1.82, 2.24) is 20.5 Å². The second-order valence-electron chi connectivity index (χ2n) is 8.63. The number of nitrogens with two attached hydrogens (primary N) is 1. The molecule has 0 aliphatic carbocycles. The van der Waals surface area contributed by atoms with Gasteiger partial charge in [-0.15, -0.1) is 0 Å². The molecule has 0 saturated carbocycles. The van der Waals surface area contributed by atoms with Crippen LogP contribution in [0.2, 0.25) is 0 Å². The van der Waals surface area contributed by atoms with Gasteiger partial charge in [-0.05, 0) is 63.9 Å². The minimum atomic E-state index is -1.01. The number of nitrogens with zero attached hydrogens (tertiary/aromatic N) is 2. The van der Waals surface area contributed by atoms with Crippen molar-refractivity contribution < 1.29 is 18.4 Å². The maximum absolute atomic E-state index is 13.7. The van der Waals surface area contributed by atoms with Crippen molar-refractivity contribution in [2.75, 3.05) is 5.73 Å². The Hall–Kier alpha value is -3.07. The van der Waals surface area contributed by atoms with Gasteiger partial charge in [0.2, 0.25) is 11.8 Å². The summed E-state index contributed by atoms with van der Waals surface area (Å²) in [5, 5.41) is 5.56. The van der Waals surface area contributed by atoms with Gasteiger partial charge in [-0.2, -0.15) is 0 Å². The van der Waals surface area contributed by atoms with Crippen LogP contribution in [0.4, 0.5) is 14.6 Å². The smallest absolute Gasteiger partial charge is 0.243 e. The number of pyridine rings is 1. The second-order valence-corrected chi connectivity index (χ2v) is 8.63. The molecule has 2 atom stereocenters. The van der Waals surface area contributed by atoms with Crippen LogP contribution >= 0.6 is 0 Å². The lowest BCUT2D eigenvalue weighted by Gasteiger charge is -2.36. The lowest BCUT2D eigenvalue weighted by molar-refractivity contribution is -0.132. The first-order chi connectivity index (χ1) is 15.5. The Bertz CT molecular complexity index is 942. The summed E-state index contributed by atoms with van der Waals surface area (Å²) in [7, 11) is 0. The van der Waals surface area contributed by atoms with Crippen molar-refractivity contribution in [1.29, 1.82) is 0 Å². The van der Waals surface area contributed by atoms with E-state index in [1.165, 1.54) is 6.07 Å². The minimum Gasteiger partial charge on any atom is -0.384 e. The SMILES string of the molecule is CC(C)N(C(C)C)[C@@H](C)C(=O)N[C@@H](Cc1ccc(F)c(F)c1)C(=O)NCc1ccc(N)nc1. The molecule has 2 rings (SSSR count). The van der Waals surface area contributed by atoms with E-state index in [4.69, 9.17) is 5.73 Å². The number of halogens is 2. The number of rotatable bonds is 10. The van der Waals surface area contributed by atoms with E-state index in [0.29, 0.717) is 11.4 Å². The van der Waals surface area contributed by atoms with Crippen LogP contribution in [-0.2, 0) is 22.6 Å². The first kappa shape index (κ1) is 26.2. The molecule has 180 valence electrons. The summed E-state index contributed by atoms with van der Waals surface area (Å²) in [6, 6.07) is 5.54. The maximum Gasteiger partial charge on any atom is 0.243 e. The van der Waals surface area contributed by atoms with Crippen molar-refractivity contribution in [3.63, 3.8) is 0 Å². The van der Waals surface area contributed by atoms with Crippen molar-refractivity contribution in [3.05, 3.63) is 59.3 Å². The van der Waals surface area contributed by atoms with E-state index in [-0.39, 0.29) is 31.0 Å². The number of anilines is 1. The first-order valence-electron chi connectivity index (χ1n) is 11.0. The first-order valence-corrected chi connectivity index (χ1v) is 11.0. The third-order valence-electron chi connectivity index (χ3n) is 5.39. The van der Waals surface area contributed by atoms with Gasteiger partial charge in [-0.1, -0.05) is 12.1 Å². The van der Waals surface area contributed by atoms with Gasteiger partial charge < -0.3 is 16.4 Å². The molecule has 0 aliphatic heterocycles. The molecule has 0 aliphatic rings. The summed E-state index contributed by atoms with van der Waals surface area (Å²) in [6.07, 6.45) is 1.55. The van der Waals surface area contributed by atoms with Crippen LogP contribution in [0.5, 0.6) is 0 Å². The van der Waals surface area contributed by atoms with Crippen LogP contribution in [0.15, 0.2) is 36.5 Å². The number of carbonyl (C=O) groups excluding carboxylic acids is 2.